The molecule has 2 N–H and O–H groups in total. The van der Waals surface area contributed by atoms with Crippen molar-refractivity contribution >= 4 is 17.3 Å². The van der Waals surface area contributed by atoms with Crippen LogP contribution in [0, 0.1) is 0 Å². The van der Waals surface area contributed by atoms with Gasteiger partial charge in [-0.25, -0.2) is 0 Å². The van der Waals surface area contributed by atoms with Gasteiger partial charge in [0.2, 0.25) is 0 Å². The van der Waals surface area contributed by atoms with Crippen molar-refractivity contribution in [2.75, 3.05) is 30.9 Å². The SMILES string of the molecule is COCC(=O)N1CCc2cc(N)ccc21. The Bertz CT molecular complexity index is 390. The molecule has 4 nitrogen and oxygen atoms in total. The molecular formula is C11H14N2O2. The maximum Gasteiger partial charge on any atom is 0.252 e. The third kappa shape index (κ3) is 1.80. The van der Waals surface area contributed by atoms with E-state index in [0.29, 0.717) is 0 Å². The lowest BCUT2D eigenvalue weighted by Crippen LogP contribution is -2.31. The van der Waals surface area contributed by atoms with Gasteiger partial charge in [0, 0.05) is 25.0 Å². The quantitative estimate of drug-likeness (QED) is 0.728. The van der Waals surface area contributed by atoms with Crippen molar-refractivity contribution in [3.05, 3.63) is 23.8 Å². The lowest BCUT2D eigenvalue weighted by molar-refractivity contribution is -0.122. The van der Waals surface area contributed by atoms with Gasteiger partial charge in [-0.3, -0.25) is 4.79 Å². The monoisotopic (exact) mass is 206 g/mol. The summed E-state index contributed by atoms with van der Waals surface area (Å²) in [6, 6.07) is 5.64. The Labute approximate surface area is 88.6 Å². The number of rotatable bonds is 2. The number of hydrogen-bond acceptors (Lipinski definition) is 3. The van der Waals surface area contributed by atoms with Crippen molar-refractivity contribution in [1.29, 1.82) is 0 Å². The fraction of sp³-hybridized carbons (Fsp3) is 0.364. The molecule has 0 bridgehead atoms. The summed E-state index contributed by atoms with van der Waals surface area (Å²) in [5.74, 6) is 0.000946. The van der Waals surface area contributed by atoms with Gasteiger partial charge in [0.1, 0.15) is 6.61 Å². The van der Waals surface area contributed by atoms with Crippen LogP contribution in [0.25, 0.3) is 0 Å². The highest BCUT2D eigenvalue weighted by Crippen LogP contribution is 2.29. The second-order valence-corrected chi connectivity index (χ2v) is 3.62. The van der Waals surface area contributed by atoms with Crippen molar-refractivity contribution < 1.29 is 9.53 Å². The highest BCUT2D eigenvalue weighted by Gasteiger charge is 2.24. The molecule has 80 valence electrons. The lowest BCUT2D eigenvalue weighted by atomic mass is 10.1. The van der Waals surface area contributed by atoms with Gasteiger partial charge in [-0.2, -0.15) is 0 Å². The number of amides is 1. The van der Waals surface area contributed by atoms with E-state index in [1.165, 1.54) is 7.11 Å². The number of nitrogens with zero attached hydrogens (tertiary/aromatic N) is 1. The molecule has 0 saturated heterocycles. The van der Waals surface area contributed by atoms with Crippen LogP contribution in [0.5, 0.6) is 0 Å². The molecule has 1 aromatic rings. The molecule has 1 amide bonds. The summed E-state index contributed by atoms with van der Waals surface area (Å²) in [4.78, 5) is 13.4. The Balaban J connectivity index is 2.25. The summed E-state index contributed by atoms with van der Waals surface area (Å²) >= 11 is 0. The average Bonchev–Trinajstić information content (AvgIpc) is 2.60. The number of fused-ring (bicyclic) bond motifs is 1. The first-order valence-corrected chi connectivity index (χ1v) is 4.90. The number of benzene rings is 1. The molecule has 1 aliphatic rings. The Hall–Kier alpha value is -1.55. The zero-order chi connectivity index (χ0) is 10.8. The standard InChI is InChI=1S/C11H14N2O2/c1-15-7-11(14)13-5-4-8-6-9(12)2-3-10(8)13/h2-3,6H,4-5,7,12H2,1H3. The van der Waals surface area contributed by atoms with E-state index >= 15 is 0 Å². The Morgan fingerprint density at radius 3 is 3.13 bits per heavy atom. The molecule has 2 rings (SSSR count). The minimum atomic E-state index is 0.000946. The van der Waals surface area contributed by atoms with Crippen LogP contribution in [0.15, 0.2) is 18.2 Å². The number of hydrogen-bond donors (Lipinski definition) is 1. The molecule has 1 aromatic carbocycles. The van der Waals surface area contributed by atoms with Crippen LogP contribution in [0.4, 0.5) is 11.4 Å². The van der Waals surface area contributed by atoms with E-state index in [-0.39, 0.29) is 12.5 Å². The topological polar surface area (TPSA) is 55.6 Å². The van der Waals surface area contributed by atoms with Crippen LogP contribution in [-0.4, -0.2) is 26.2 Å². The van der Waals surface area contributed by atoms with Gasteiger partial charge in [0.15, 0.2) is 0 Å². The highest BCUT2D eigenvalue weighted by molar-refractivity contribution is 5.96. The van der Waals surface area contributed by atoms with Gasteiger partial charge in [-0.05, 0) is 30.2 Å². The summed E-state index contributed by atoms with van der Waals surface area (Å²) in [6.07, 6.45) is 0.871. The molecule has 1 aliphatic heterocycles. The summed E-state index contributed by atoms with van der Waals surface area (Å²) < 4.78 is 4.84. The third-order valence-electron chi connectivity index (χ3n) is 2.57. The molecule has 4 heteroatoms. The second-order valence-electron chi connectivity index (χ2n) is 3.62. The van der Waals surface area contributed by atoms with Gasteiger partial charge in [-0.1, -0.05) is 0 Å². The molecule has 1 heterocycles. The smallest absolute Gasteiger partial charge is 0.252 e. The first-order chi connectivity index (χ1) is 7.22. The molecular weight excluding hydrogens is 192 g/mol. The van der Waals surface area contributed by atoms with Crippen LogP contribution in [0.1, 0.15) is 5.56 Å². The van der Waals surface area contributed by atoms with E-state index in [0.717, 1.165) is 29.9 Å². The molecule has 0 radical (unpaired) electrons. The number of nitrogens with two attached hydrogens (primary N) is 1. The van der Waals surface area contributed by atoms with Gasteiger partial charge in [0.05, 0.1) is 0 Å². The zero-order valence-electron chi connectivity index (χ0n) is 8.69. The molecule has 0 saturated carbocycles. The van der Waals surface area contributed by atoms with E-state index in [2.05, 4.69) is 0 Å². The van der Waals surface area contributed by atoms with Crippen LogP contribution in [0.3, 0.4) is 0 Å². The molecule has 0 aromatic heterocycles. The number of methoxy groups -OCH3 is 1. The maximum absolute atomic E-state index is 11.7. The van der Waals surface area contributed by atoms with Crippen LogP contribution < -0.4 is 10.6 Å². The molecule has 0 aliphatic carbocycles. The predicted molar refractivity (Wildman–Crippen MR) is 58.8 cm³/mol. The third-order valence-corrected chi connectivity index (χ3v) is 2.57. The number of carbonyl (C=O) groups is 1. The number of nitrogen functional groups attached to an aromatic ring is 1. The van der Waals surface area contributed by atoms with E-state index in [4.69, 9.17) is 10.5 Å². The average molecular weight is 206 g/mol. The number of ether oxygens (including phenoxy) is 1. The Kier molecular flexibility index (Phi) is 2.60. The van der Waals surface area contributed by atoms with Gasteiger partial charge < -0.3 is 15.4 Å². The number of carbonyl (C=O) groups excluding carboxylic acids is 1. The zero-order valence-corrected chi connectivity index (χ0v) is 8.69. The van der Waals surface area contributed by atoms with Crippen molar-refractivity contribution in [3.8, 4) is 0 Å². The van der Waals surface area contributed by atoms with Crippen molar-refractivity contribution in [3.63, 3.8) is 0 Å². The Morgan fingerprint density at radius 2 is 2.40 bits per heavy atom. The van der Waals surface area contributed by atoms with Crippen molar-refractivity contribution in [2.45, 2.75) is 6.42 Å². The minimum absolute atomic E-state index is 0.000946. The summed E-state index contributed by atoms with van der Waals surface area (Å²) in [5.41, 5.74) is 8.53. The normalized spacial score (nSPS) is 14.1. The Morgan fingerprint density at radius 1 is 1.60 bits per heavy atom. The van der Waals surface area contributed by atoms with Crippen LogP contribution in [0.2, 0.25) is 0 Å². The number of anilines is 2. The second kappa shape index (κ2) is 3.90. The molecule has 0 fully saturated rings. The van der Waals surface area contributed by atoms with Gasteiger partial charge in [0.25, 0.3) is 5.91 Å². The van der Waals surface area contributed by atoms with E-state index in [1.807, 2.05) is 18.2 Å². The fourth-order valence-electron chi connectivity index (χ4n) is 1.88. The fourth-order valence-corrected chi connectivity index (χ4v) is 1.88. The first-order valence-electron chi connectivity index (χ1n) is 4.90. The van der Waals surface area contributed by atoms with Gasteiger partial charge >= 0.3 is 0 Å². The molecule has 0 atom stereocenters. The van der Waals surface area contributed by atoms with Crippen LogP contribution >= 0.6 is 0 Å². The lowest BCUT2D eigenvalue weighted by Gasteiger charge is -2.16. The van der Waals surface area contributed by atoms with Crippen molar-refractivity contribution in [1.82, 2.24) is 0 Å². The highest BCUT2D eigenvalue weighted by atomic mass is 16.5. The van der Waals surface area contributed by atoms with Gasteiger partial charge in [-0.15, -0.1) is 0 Å². The van der Waals surface area contributed by atoms with Crippen LogP contribution in [-0.2, 0) is 16.0 Å². The summed E-state index contributed by atoms with van der Waals surface area (Å²) in [5, 5.41) is 0. The van der Waals surface area contributed by atoms with E-state index in [1.54, 1.807) is 4.90 Å². The minimum Gasteiger partial charge on any atom is -0.399 e. The summed E-state index contributed by atoms with van der Waals surface area (Å²) in [6.45, 7) is 0.852. The maximum atomic E-state index is 11.7. The molecule has 15 heavy (non-hydrogen) atoms. The summed E-state index contributed by atoms with van der Waals surface area (Å²) in [7, 11) is 1.53. The predicted octanol–water partition coefficient (Wildman–Crippen LogP) is 0.804. The molecule has 0 unspecified atom stereocenters. The van der Waals surface area contributed by atoms with E-state index in [9.17, 15) is 4.79 Å². The first kappa shape index (κ1) is 9.98. The van der Waals surface area contributed by atoms with Crippen molar-refractivity contribution in [2.24, 2.45) is 0 Å². The largest absolute Gasteiger partial charge is 0.399 e. The molecule has 0 spiro atoms. The van der Waals surface area contributed by atoms with E-state index < -0.39 is 0 Å².